The molecule has 1 aromatic heterocycles. The van der Waals surface area contributed by atoms with E-state index in [-0.39, 0.29) is 22.8 Å². The summed E-state index contributed by atoms with van der Waals surface area (Å²) in [5.41, 5.74) is 0.445. The third-order valence-electron chi connectivity index (χ3n) is 2.85. The zero-order chi connectivity index (χ0) is 15.6. The SMILES string of the molecule is Cc1ccc(S(C)(=O)=O)cc1C(=O)NCc1n[nH]c(=O)[nH]1. The van der Waals surface area contributed by atoms with E-state index in [4.69, 9.17) is 0 Å². The van der Waals surface area contributed by atoms with Gasteiger partial charge in [-0.25, -0.2) is 18.3 Å². The first-order valence-electron chi connectivity index (χ1n) is 6.00. The number of aryl methyl sites for hydroxylation is 1. The number of sulfone groups is 1. The lowest BCUT2D eigenvalue weighted by Crippen LogP contribution is -2.24. The molecule has 0 aliphatic heterocycles. The van der Waals surface area contributed by atoms with E-state index in [1.54, 1.807) is 13.0 Å². The zero-order valence-electron chi connectivity index (χ0n) is 11.4. The van der Waals surface area contributed by atoms with Gasteiger partial charge in [-0.1, -0.05) is 6.07 Å². The maximum atomic E-state index is 12.1. The second kappa shape index (κ2) is 5.52. The Labute approximate surface area is 120 Å². The Kier molecular flexibility index (Phi) is 3.94. The van der Waals surface area contributed by atoms with Gasteiger partial charge in [0.25, 0.3) is 5.91 Å². The molecule has 2 rings (SSSR count). The first-order valence-corrected chi connectivity index (χ1v) is 7.89. The Balaban J connectivity index is 2.20. The van der Waals surface area contributed by atoms with E-state index in [1.165, 1.54) is 12.1 Å². The highest BCUT2D eigenvalue weighted by Crippen LogP contribution is 2.15. The zero-order valence-corrected chi connectivity index (χ0v) is 12.2. The van der Waals surface area contributed by atoms with Crippen molar-refractivity contribution in [2.45, 2.75) is 18.4 Å². The molecule has 0 fully saturated rings. The second-order valence-corrected chi connectivity index (χ2v) is 6.57. The van der Waals surface area contributed by atoms with Gasteiger partial charge >= 0.3 is 5.69 Å². The van der Waals surface area contributed by atoms with Gasteiger partial charge in [0.05, 0.1) is 11.4 Å². The number of benzene rings is 1. The van der Waals surface area contributed by atoms with Crippen molar-refractivity contribution in [2.75, 3.05) is 6.26 Å². The van der Waals surface area contributed by atoms with Crippen molar-refractivity contribution in [1.29, 1.82) is 0 Å². The summed E-state index contributed by atoms with van der Waals surface area (Å²) in [4.78, 5) is 25.4. The fraction of sp³-hybridized carbons (Fsp3) is 0.250. The highest BCUT2D eigenvalue weighted by atomic mass is 32.2. The average Bonchev–Trinajstić information content (AvgIpc) is 2.81. The summed E-state index contributed by atoms with van der Waals surface area (Å²) in [5.74, 6) is -0.160. The van der Waals surface area contributed by atoms with Crippen molar-refractivity contribution in [2.24, 2.45) is 0 Å². The van der Waals surface area contributed by atoms with E-state index in [2.05, 4.69) is 20.5 Å². The molecule has 0 atom stereocenters. The quantitative estimate of drug-likeness (QED) is 0.717. The molecule has 112 valence electrons. The lowest BCUT2D eigenvalue weighted by Gasteiger charge is -2.08. The lowest BCUT2D eigenvalue weighted by molar-refractivity contribution is 0.0949. The number of rotatable bonds is 4. The largest absolute Gasteiger partial charge is 0.345 e. The number of hydrogen-bond acceptors (Lipinski definition) is 5. The van der Waals surface area contributed by atoms with Crippen LogP contribution in [0.5, 0.6) is 0 Å². The van der Waals surface area contributed by atoms with Gasteiger partial charge in [0.15, 0.2) is 9.84 Å². The van der Waals surface area contributed by atoms with Gasteiger partial charge in [-0.3, -0.25) is 9.78 Å². The van der Waals surface area contributed by atoms with Crippen molar-refractivity contribution in [3.05, 3.63) is 45.6 Å². The smallest absolute Gasteiger partial charge is 0.340 e. The second-order valence-electron chi connectivity index (χ2n) is 4.56. The molecule has 21 heavy (non-hydrogen) atoms. The lowest BCUT2D eigenvalue weighted by atomic mass is 10.1. The Morgan fingerprint density at radius 3 is 2.67 bits per heavy atom. The van der Waals surface area contributed by atoms with Crippen LogP contribution in [0.2, 0.25) is 0 Å². The van der Waals surface area contributed by atoms with Crippen LogP contribution in [-0.2, 0) is 16.4 Å². The minimum absolute atomic E-state index is 0.0279. The van der Waals surface area contributed by atoms with Crippen LogP contribution in [0.3, 0.4) is 0 Å². The van der Waals surface area contributed by atoms with E-state index in [1.807, 2.05) is 0 Å². The van der Waals surface area contributed by atoms with E-state index < -0.39 is 21.4 Å². The summed E-state index contributed by atoms with van der Waals surface area (Å²) in [6.07, 6.45) is 1.08. The molecule has 0 aliphatic carbocycles. The molecule has 9 heteroatoms. The highest BCUT2D eigenvalue weighted by molar-refractivity contribution is 7.90. The third-order valence-corrected chi connectivity index (χ3v) is 3.96. The van der Waals surface area contributed by atoms with E-state index in [0.717, 1.165) is 6.26 Å². The fourth-order valence-corrected chi connectivity index (χ4v) is 2.37. The standard InChI is InChI=1S/C12H14N4O4S/c1-7-3-4-8(21(2,19)20)5-9(7)11(17)13-6-10-14-12(18)16-15-10/h3-5H,6H2,1-2H3,(H,13,17)(H2,14,15,16,18). The summed E-state index contributed by atoms with van der Waals surface area (Å²) >= 11 is 0. The summed E-state index contributed by atoms with van der Waals surface area (Å²) in [5, 5.41) is 8.40. The summed E-state index contributed by atoms with van der Waals surface area (Å²) in [6.45, 7) is 1.73. The van der Waals surface area contributed by atoms with Crippen molar-refractivity contribution in [3.63, 3.8) is 0 Å². The molecular formula is C12H14N4O4S. The molecule has 3 N–H and O–H groups in total. The van der Waals surface area contributed by atoms with Crippen LogP contribution in [-0.4, -0.2) is 35.8 Å². The Morgan fingerprint density at radius 2 is 2.10 bits per heavy atom. The first kappa shape index (κ1) is 15.0. The fourth-order valence-electron chi connectivity index (χ4n) is 1.72. The van der Waals surface area contributed by atoms with Crippen molar-refractivity contribution in [1.82, 2.24) is 20.5 Å². The summed E-state index contributed by atoms with van der Waals surface area (Å²) in [6, 6.07) is 4.35. The average molecular weight is 310 g/mol. The minimum Gasteiger partial charge on any atom is -0.345 e. The summed E-state index contributed by atoms with van der Waals surface area (Å²) in [7, 11) is -3.38. The number of amides is 1. The van der Waals surface area contributed by atoms with E-state index in [0.29, 0.717) is 5.56 Å². The van der Waals surface area contributed by atoms with Crippen LogP contribution in [0, 0.1) is 6.92 Å². The Morgan fingerprint density at radius 1 is 1.38 bits per heavy atom. The molecule has 0 spiro atoms. The van der Waals surface area contributed by atoms with Gasteiger partial charge in [0.1, 0.15) is 5.82 Å². The molecule has 8 nitrogen and oxygen atoms in total. The van der Waals surface area contributed by atoms with E-state index in [9.17, 15) is 18.0 Å². The van der Waals surface area contributed by atoms with Gasteiger partial charge in [0.2, 0.25) is 0 Å². The van der Waals surface area contributed by atoms with Crippen LogP contribution < -0.4 is 11.0 Å². The molecular weight excluding hydrogens is 296 g/mol. The minimum atomic E-state index is -3.38. The Hall–Kier alpha value is -2.42. The van der Waals surface area contributed by atoms with Crippen molar-refractivity contribution in [3.8, 4) is 0 Å². The number of nitrogens with one attached hydrogen (secondary N) is 3. The van der Waals surface area contributed by atoms with Gasteiger partial charge in [-0.05, 0) is 24.6 Å². The third kappa shape index (κ3) is 3.57. The van der Waals surface area contributed by atoms with Gasteiger partial charge in [-0.15, -0.1) is 0 Å². The number of hydrogen-bond donors (Lipinski definition) is 3. The molecule has 0 saturated heterocycles. The molecule has 0 saturated carbocycles. The number of nitrogens with zero attached hydrogens (tertiary/aromatic N) is 1. The predicted octanol–water partition coefficient (Wildman–Crippen LogP) is -0.260. The van der Waals surface area contributed by atoms with Crippen LogP contribution in [0.15, 0.2) is 27.9 Å². The van der Waals surface area contributed by atoms with Crippen LogP contribution in [0.1, 0.15) is 21.7 Å². The number of aromatic amines is 2. The molecule has 0 bridgehead atoms. The van der Waals surface area contributed by atoms with Gasteiger partial charge in [0, 0.05) is 11.8 Å². The molecule has 1 heterocycles. The van der Waals surface area contributed by atoms with Crippen LogP contribution in [0.25, 0.3) is 0 Å². The number of H-pyrrole nitrogens is 2. The molecule has 1 amide bonds. The molecule has 0 aliphatic rings. The van der Waals surface area contributed by atoms with Gasteiger partial charge < -0.3 is 5.32 Å². The maximum absolute atomic E-state index is 12.1. The molecule has 2 aromatic rings. The number of carbonyl (C=O) groups is 1. The molecule has 1 aromatic carbocycles. The van der Waals surface area contributed by atoms with Crippen LogP contribution in [0.4, 0.5) is 0 Å². The van der Waals surface area contributed by atoms with Crippen molar-refractivity contribution >= 4 is 15.7 Å². The number of aromatic nitrogens is 3. The van der Waals surface area contributed by atoms with Crippen LogP contribution >= 0.6 is 0 Å². The maximum Gasteiger partial charge on any atom is 0.340 e. The first-order chi connectivity index (χ1) is 9.77. The monoisotopic (exact) mass is 310 g/mol. The topological polar surface area (TPSA) is 125 Å². The normalized spacial score (nSPS) is 11.3. The predicted molar refractivity (Wildman–Crippen MR) is 74.7 cm³/mol. The Bertz CT molecular complexity index is 835. The highest BCUT2D eigenvalue weighted by Gasteiger charge is 2.14. The number of carbonyl (C=O) groups excluding carboxylic acids is 1. The van der Waals surface area contributed by atoms with Crippen molar-refractivity contribution < 1.29 is 13.2 Å². The summed E-state index contributed by atoms with van der Waals surface area (Å²) < 4.78 is 23.0. The van der Waals surface area contributed by atoms with E-state index >= 15 is 0 Å². The van der Waals surface area contributed by atoms with Gasteiger partial charge in [-0.2, -0.15) is 5.10 Å². The molecule has 0 radical (unpaired) electrons. The molecule has 0 unspecified atom stereocenters.